The molecule has 0 atom stereocenters. The second kappa shape index (κ2) is 9.92. The van der Waals surface area contributed by atoms with Crippen molar-refractivity contribution < 1.29 is 9.59 Å². The van der Waals surface area contributed by atoms with E-state index in [0.717, 1.165) is 31.5 Å². The molecule has 2 aromatic carbocycles. The van der Waals surface area contributed by atoms with Gasteiger partial charge in [-0.1, -0.05) is 30.3 Å². The van der Waals surface area contributed by atoms with Gasteiger partial charge in [0, 0.05) is 35.9 Å². The number of amides is 2. The maximum atomic E-state index is 12.9. The van der Waals surface area contributed by atoms with Gasteiger partial charge in [0.05, 0.1) is 17.6 Å². The summed E-state index contributed by atoms with van der Waals surface area (Å²) in [6, 6.07) is 17.1. The van der Waals surface area contributed by atoms with E-state index in [1.807, 2.05) is 59.5 Å². The predicted octanol–water partition coefficient (Wildman–Crippen LogP) is 3.87. The number of nitrogens with one attached hydrogen (secondary N) is 1. The molecule has 1 aliphatic heterocycles. The van der Waals surface area contributed by atoms with Crippen molar-refractivity contribution in [2.75, 3.05) is 32.5 Å². The number of para-hydroxylation sites is 1. The third-order valence-electron chi connectivity index (χ3n) is 6.11. The maximum Gasteiger partial charge on any atom is 0.276 e. The number of likely N-dealkylation sites (tertiary alicyclic amines) is 1. The van der Waals surface area contributed by atoms with Gasteiger partial charge in [-0.2, -0.15) is 0 Å². The van der Waals surface area contributed by atoms with Crippen molar-refractivity contribution >= 4 is 17.5 Å². The SMILES string of the molecule is Cc1ncc(-c2ccc(C(=O)N3CCC(N(C)C)CC3)cc2)nc1C(=O)Nc1ccccc1. The molecule has 2 amide bonds. The third kappa shape index (κ3) is 5.26. The summed E-state index contributed by atoms with van der Waals surface area (Å²) in [5.41, 5.74) is 3.58. The molecule has 3 aromatic rings. The van der Waals surface area contributed by atoms with E-state index in [-0.39, 0.29) is 17.5 Å². The van der Waals surface area contributed by atoms with Crippen LogP contribution in [0.5, 0.6) is 0 Å². The Morgan fingerprint density at radius 2 is 1.67 bits per heavy atom. The number of nitrogens with zero attached hydrogens (tertiary/aromatic N) is 4. The van der Waals surface area contributed by atoms with E-state index in [0.29, 0.717) is 28.7 Å². The zero-order valence-corrected chi connectivity index (χ0v) is 19.3. The van der Waals surface area contributed by atoms with Crippen LogP contribution in [0.3, 0.4) is 0 Å². The molecule has 33 heavy (non-hydrogen) atoms. The molecule has 1 aliphatic rings. The van der Waals surface area contributed by atoms with Crippen LogP contribution in [0.25, 0.3) is 11.3 Å². The number of anilines is 1. The van der Waals surface area contributed by atoms with Crippen molar-refractivity contribution in [1.82, 2.24) is 19.8 Å². The number of aryl methyl sites for hydroxylation is 1. The normalized spacial score (nSPS) is 14.4. The molecule has 0 radical (unpaired) electrons. The van der Waals surface area contributed by atoms with Gasteiger partial charge < -0.3 is 15.1 Å². The second-order valence-corrected chi connectivity index (χ2v) is 8.57. The van der Waals surface area contributed by atoms with Gasteiger partial charge in [-0.3, -0.25) is 14.6 Å². The van der Waals surface area contributed by atoms with Gasteiger partial charge in [0.1, 0.15) is 5.69 Å². The average Bonchev–Trinajstić information content (AvgIpc) is 2.84. The zero-order valence-electron chi connectivity index (χ0n) is 19.3. The van der Waals surface area contributed by atoms with Gasteiger partial charge in [-0.25, -0.2) is 4.98 Å². The highest BCUT2D eigenvalue weighted by Crippen LogP contribution is 2.21. The molecule has 0 unspecified atom stereocenters. The molecular formula is C26H29N5O2. The van der Waals surface area contributed by atoms with Crippen molar-refractivity contribution in [1.29, 1.82) is 0 Å². The van der Waals surface area contributed by atoms with E-state index in [9.17, 15) is 9.59 Å². The Morgan fingerprint density at radius 1 is 1.00 bits per heavy atom. The maximum absolute atomic E-state index is 12.9. The minimum absolute atomic E-state index is 0.0525. The topological polar surface area (TPSA) is 78.4 Å². The van der Waals surface area contributed by atoms with E-state index in [1.165, 1.54) is 0 Å². The number of rotatable bonds is 5. The highest BCUT2D eigenvalue weighted by atomic mass is 16.2. The summed E-state index contributed by atoms with van der Waals surface area (Å²) >= 11 is 0. The minimum atomic E-state index is -0.305. The van der Waals surface area contributed by atoms with Crippen molar-refractivity contribution in [3.05, 3.63) is 77.7 Å². The number of carbonyl (C=O) groups excluding carboxylic acids is 2. The fraction of sp³-hybridized carbons (Fsp3) is 0.308. The monoisotopic (exact) mass is 443 g/mol. The molecular weight excluding hydrogens is 414 g/mol. The fourth-order valence-corrected chi connectivity index (χ4v) is 4.07. The first-order valence-electron chi connectivity index (χ1n) is 11.2. The van der Waals surface area contributed by atoms with E-state index in [1.54, 1.807) is 13.1 Å². The second-order valence-electron chi connectivity index (χ2n) is 8.57. The number of piperidine rings is 1. The Hall–Kier alpha value is -3.58. The van der Waals surface area contributed by atoms with Crippen LogP contribution in [0.2, 0.25) is 0 Å². The van der Waals surface area contributed by atoms with E-state index >= 15 is 0 Å². The van der Waals surface area contributed by atoms with Gasteiger partial charge in [0.15, 0.2) is 0 Å². The minimum Gasteiger partial charge on any atom is -0.339 e. The number of hydrogen-bond donors (Lipinski definition) is 1. The number of hydrogen-bond acceptors (Lipinski definition) is 5. The van der Waals surface area contributed by atoms with Crippen LogP contribution >= 0.6 is 0 Å². The molecule has 1 aromatic heterocycles. The average molecular weight is 444 g/mol. The Kier molecular flexibility index (Phi) is 6.79. The summed E-state index contributed by atoms with van der Waals surface area (Å²) in [6.45, 7) is 3.30. The first-order chi connectivity index (χ1) is 15.9. The molecule has 1 saturated heterocycles. The highest BCUT2D eigenvalue weighted by Gasteiger charge is 2.24. The largest absolute Gasteiger partial charge is 0.339 e. The molecule has 7 nitrogen and oxygen atoms in total. The first-order valence-corrected chi connectivity index (χ1v) is 11.2. The van der Waals surface area contributed by atoms with Crippen LogP contribution in [-0.4, -0.2) is 64.8 Å². The van der Waals surface area contributed by atoms with Crippen molar-refractivity contribution in [2.45, 2.75) is 25.8 Å². The summed E-state index contributed by atoms with van der Waals surface area (Å²) in [6.07, 6.45) is 3.63. The molecule has 2 heterocycles. The van der Waals surface area contributed by atoms with Crippen LogP contribution in [0.4, 0.5) is 5.69 Å². The molecule has 170 valence electrons. The standard InChI is InChI=1S/C26H29N5O2/c1-18-24(25(32)28-21-7-5-4-6-8-21)29-23(17-27-18)19-9-11-20(12-10-19)26(33)31-15-13-22(14-16-31)30(2)3/h4-12,17,22H,13-16H2,1-3H3,(H,28,32). The van der Waals surface area contributed by atoms with Crippen LogP contribution in [0, 0.1) is 6.92 Å². The van der Waals surface area contributed by atoms with Crippen molar-refractivity contribution in [3.63, 3.8) is 0 Å². The van der Waals surface area contributed by atoms with Crippen LogP contribution in [0.15, 0.2) is 60.8 Å². The van der Waals surface area contributed by atoms with Gasteiger partial charge in [-0.15, -0.1) is 0 Å². The molecule has 7 heteroatoms. The number of carbonyl (C=O) groups is 2. The lowest BCUT2D eigenvalue weighted by Crippen LogP contribution is -2.44. The molecule has 4 rings (SSSR count). The Bertz CT molecular complexity index is 1120. The molecule has 0 bridgehead atoms. The van der Waals surface area contributed by atoms with Gasteiger partial charge in [-0.05, 0) is 58.1 Å². The lowest BCUT2D eigenvalue weighted by Gasteiger charge is -2.35. The first kappa shape index (κ1) is 22.6. The summed E-state index contributed by atoms with van der Waals surface area (Å²) in [4.78, 5) is 38.7. The quantitative estimate of drug-likeness (QED) is 0.648. The predicted molar refractivity (Wildman–Crippen MR) is 129 cm³/mol. The zero-order chi connectivity index (χ0) is 23.4. The molecule has 0 spiro atoms. The molecule has 1 fully saturated rings. The molecule has 0 saturated carbocycles. The molecule has 0 aliphatic carbocycles. The lowest BCUT2D eigenvalue weighted by atomic mass is 10.0. The van der Waals surface area contributed by atoms with E-state index in [2.05, 4.69) is 34.3 Å². The summed E-state index contributed by atoms with van der Waals surface area (Å²) in [5.74, 6) is -0.252. The van der Waals surface area contributed by atoms with Gasteiger partial charge >= 0.3 is 0 Å². The number of aromatic nitrogens is 2. The van der Waals surface area contributed by atoms with Crippen molar-refractivity contribution in [2.24, 2.45) is 0 Å². The van der Waals surface area contributed by atoms with Crippen LogP contribution in [0.1, 0.15) is 39.4 Å². The van der Waals surface area contributed by atoms with E-state index in [4.69, 9.17) is 0 Å². The fourth-order valence-electron chi connectivity index (χ4n) is 4.07. The smallest absolute Gasteiger partial charge is 0.276 e. The Labute approximate surface area is 194 Å². The summed E-state index contributed by atoms with van der Waals surface area (Å²) in [7, 11) is 4.18. The Morgan fingerprint density at radius 3 is 2.30 bits per heavy atom. The summed E-state index contributed by atoms with van der Waals surface area (Å²) in [5, 5.41) is 2.85. The van der Waals surface area contributed by atoms with Gasteiger partial charge in [0.25, 0.3) is 11.8 Å². The van der Waals surface area contributed by atoms with E-state index < -0.39 is 0 Å². The molecule has 1 N–H and O–H groups in total. The Balaban J connectivity index is 1.47. The third-order valence-corrected chi connectivity index (χ3v) is 6.11. The van der Waals surface area contributed by atoms with Gasteiger partial charge in [0.2, 0.25) is 0 Å². The summed E-state index contributed by atoms with van der Waals surface area (Å²) < 4.78 is 0. The lowest BCUT2D eigenvalue weighted by molar-refractivity contribution is 0.0663. The van der Waals surface area contributed by atoms with Crippen LogP contribution in [-0.2, 0) is 0 Å². The number of benzene rings is 2. The van der Waals surface area contributed by atoms with Crippen molar-refractivity contribution in [3.8, 4) is 11.3 Å². The highest BCUT2D eigenvalue weighted by molar-refractivity contribution is 6.03. The van der Waals surface area contributed by atoms with Crippen LogP contribution < -0.4 is 5.32 Å².